The third-order valence-corrected chi connectivity index (χ3v) is 3.59. The summed E-state index contributed by atoms with van der Waals surface area (Å²) in [6.07, 6.45) is 0.978. The molecule has 0 fully saturated rings. The van der Waals surface area contributed by atoms with Crippen molar-refractivity contribution in [3.8, 4) is 0 Å². The van der Waals surface area contributed by atoms with Crippen molar-refractivity contribution in [3.63, 3.8) is 0 Å². The number of ketones is 2. The van der Waals surface area contributed by atoms with Crippen molar-refractivity contribution < 1.29 is 19.1 Å². The molecule has 2 aromatic carbocycles. The Balaban J connectivity index is 1.97. The molecule has 120 valence electrons. The Labute approximate surface area is 138 Å². The third-order valence-electron chi connectivity index (χ3n) is 3.59. The molecule has 6 nitrogen and oxygen atoms in total. The Kier molecular flexibility index (Phi) is 4.20. The summed E-state index contributed by atoms with van der Waals surface area (Å²) in [7, 11) is 0. The van der Waals surface area contributed by atoms with Gasteiger partial charge >= 0.3 is 5.97 Å². The van der Waals surface area contributed by atoms with Crippen LogP contribution in [0.25, 0.3) is 0 Å². The number of nitrogens with one attached hydrogen (secondary N) is 1. The van der Waals surface area contributed by atoms with Gasteiger partial charge in [0.05, 0.1) is 17.9 Å². The number of carbonyl (C=O) groups is 3. The summed E-state index contributed by atoms with van der Waals surface area (Å²) in [4.78, 5) is 36.6. The second kappa shape index (κ2) is 6.45. The van der Waals surface area contributed by atoms with E-state index in [0.717, 1.165) is 6.21 Å². The largest absolute Gasteiger partial charge is 0.462 e. The van der Waals surface area contributed by atoms with Gasteiger partial charge in [0, 0.05) is 16.7 Å². The van der Waals surface area contributed by atoms with Crippen LogP contribution >= 0.6 is 0 Å². The summed E-state index contributed by atoms with van der Waals surface area (Å²) in [6.45, 7) is 1.93. The molecule has 0 heterocycles. The maximum atomic E-state index is 12.7. The van der Waals surface area contributed by atoms with Crippen LogP contribution in [0.15, 0.2) is 47.6 Å². The van der Waals surface area contributed by atoms with Crippen LogP contribution in [0.4, 0.5) is 5.69 Å². The molecule has 0 saturated heterocycles. The first-order valence-corrected chi connectivity index (χ1v) is 7.40. The van der Waals surface area contributed by atoms with E-state index in [0.29, 0.717) is 22.4 Å². The molecule has 1 aliphatic rings. The maximum Gasteiger partial charge on any atom is 0.351 e. The Bertz CT molecular complexity index is 871. The van der Waals surface area contributed by atoms with Crippen LogP contribution in [0.2, 0.25) is 0 Å². The van der Waals surface area contributed by atoms with E-state index < -0.39 is 5.97 Å². The Morgan fingerprint density at radius 3 is 2.42 bits per heavy atom. The number of benzene rings is 2. The fourth-order valence-electron chi connectivity index (χ4n) is 2.57. The van der Waals surface area contributed by atoms with Gasteiger partial charge < -0.3 is 4.74 Å². The molecule has 0 aromatic heterocycles. The van der Waals surface area contributed by atoms with Gasteiger partial charge in [-0.2, -0.15) is 5.10 Å². The monoisotopic (exact) mass is 322 g/mol. The number of hydrazone groups is 1. The molecule has 0 spiro atoms. The number of hydrogen-bond acceptors (Lipinski definition) is 6. The molecule has 1 aliphatic carbocycles. The molecule has 24 heavy (non-hydrogen) atoms. The lowest BCUT2D eigenvalue weighted by Gasteiger charge is -2.19. The first-order valence-electron chi connectivity index (χ1n) is 7.40. The highest BCUT2D eigenvalue weighted by molar-refractivity contribution is 6.30. The molecule has 2 aromatic rings. The van der Waals surface area contributed by atoms with Gasteiger partial charge in [-0.15, -0.1) is 0 Å². The van der Waals surface area contributed by atoms with Crippen LogP contribution in [-0.4, -0.2) is 30.4 Å². The van der Waals surface area contributed by atoms with Crippen LogP contribution in [0, 0.1) is 0 Å². The van der Waals surface area contributed by atoms with E-state index in [-0.39, 0.29) is 23.7 Å². The SMILES string of the molecule is CCOC(=O)C=NNc1cccc2c1C(=O)c1ccccc1C2=O. The van der Waals surface area contributed by atoms with Gasteiger partial charge in [0.25, 0.3) is 0 Å². The van der Waals surface area contributed by atoms with Crippen molar-refractivity contribution in [3.05, 3.63) is 64.7 Å². The van der Waals surface area contributed by atoms with Crippen molar-refractivity contribution in [1.82, 2.24) is 0 Å². The van der Waals surface area contributed by atoms with Crippen LogP contribution in [0.3, 0.4) is 0 Å². The second-order valence-corrected chi connectivity index (χ2v) is 5.05. The predicted octanol–water partition coefficient (Wildman–Crippen LogP) is 2.42. The van der Waals surface area contributed by atoms with Gasteiger partial charge in [0.2, 0.25) is 0 Å². The lowest BCUT2D eigenvalue weighted by Crippen LogP contribution is -2.22. The number of esters is 1. The minimum atomic E-state index is -0.595. The van der Waals surface area contributed by atoms with Gasteiger partial charge in [-0.1, -0.05) is 36.4 Å². The number of fused-ring (bicyclic) bond motifs is 2. The average molecular weight is 322 g/mol. The minimum Gasteiger partial charge on any atom is -0.462 e. The van der Waals surface area contributed by atoms with Crippen LogP contribution < -0.4 is 5.43 Å². The molecule has 0 unspecified atom stereocenters. The number of carbonyl (C=O) groups excluding carboxylic acids is 3. The van der Waals surface area contributed by atoms with E-state index in [9.17, 15) is 14.4 Å². The van der Waals surface area contributed by atoms with Crippen LogP contribution in [-0.2, 0) is 9.53 Å². The van der Waals surface area contributed by atoms with E-state index >= 15 is 0 Å². The van der Waals surface area contributed by atoms with Crippen molar-refractivity contribution in [2.24, 2.45) is 5.10 Å². The molecular formula is C18H14N2O4. The molecule has 0 saturated carbocycles. The molecular weight excluding hydrogens is 308 g/mol. The van der Waals surface area contributed by atoms with Crippen molar-refractivity contribution >= 4 is 29.4 Å². The molecule has 1 N–H and O–H groups in total. The molecule has 0 radical (unpaired) electrons. The van der Waals surface area contributed by atoms with Crippen molar-refractivity contribution in [1.29, 1.82) is 0 Å². The number of hydrogen-bond donors (Lipinski definition) is 1. The van der Waals surface area contributed by atoms with Crippen LogP contribution in [0.5, 0.6) is 0 Å². The fourth-order valence-corrected chi connectivity index (χ4v) is 2.57. The summed E-state index contributed by atoms with van der Waals surface area (Å²) in [5.41, 5.74) is 4.32. The Morgan fingerprint density at radius 2 is 1.71 bits per heavy atom. The molecule has 0 amide bonds. The summed E-state index contributed by atoms with van der Waals surface area (Å²) in [5, 5.41) is 3.77. The van der Waals surface area contributed by atoms with Crippen LogP contribution in [0.1, 0.15) is 38.8 Å². The van der Waals surface area contributed by atoms with E-state index in [4.69, 9.17) is 4.74 Å². The lowest BCUT2D eigenvalue weighted by molar-refractivity contribution is -0.134. The van der Waals surface area contributed by atoms with Gasteiger partial charge in [-0.3, -0.25) is 15.0 Å². The van der Waals surface area contributed by atoms with E-state index in [1.54, 1.807) is 49.4 Å². The Hall–Kier alpha value is -3.28. The number of anilines is 1. The lowest BCUT2D eigenvalue weighted by atomic mass is 9.83. The predicted molar refractivity (Wildman–Crippen MR) is 88.5 cm³/mol. The van der Waals surface area contributed by atoms with Crippen molar-refractivity contribution in [2.75, 3.05) is 12.0 Å². The average Bonchev–Trinajstić information content (AvgIpc) is 2.60. The van der Waals surface area contributed by atoms with Gasteiger partial charge in [-0.25, -0.2) is 4.79 Å². The topological polar surface area (TPSA) is 84.8 Å². The zero-order valence-electron chi connectivity index (χ0n) is 12.9. The molecule has 6 heteroatoms. The quantitative estimate of drug-likeness (QED) is 0.453. The van der Waals surface area contributed by atoms with Gasteiger partial charge in [0.15, 0.2) is 11.6 Å². The van der Waals surface area contributed by atoms with Crippen molar-refractivity contribution in [2.45, 2.75) is 6.92 Å². The third kappa shape index (κ3) is 2.69. The number of nitrogens with zero attached hydrogens (tertiary/aromatic N) is 1. The molecule has 0 atom stereocenters. The summed E-state index contributed by atoms with van der Waals surface area (Å²) < 4.78 is 4.73. The first-order chi connectivity index (χ1) is 11.6. The summed E-state index contributed by atoms with van der Waals surface area (Å²) in [5.74, 6) is -1.06. The first kappa shape index (κ1) is 15.6. The fraction of sp³-hybridized carbons (Fsp3) is 0.111. The zero-order chi connectivity index (χ0) is 17.1. The Morgan fingerprint density at radius 1 is 1.04 bits per heavy atom. The normalized spacial score (nSPS) is 12.7. The maximum absolute atomic E-state index is 12.7. The van der Waals surface area contributed by atoms with E-state index in [1.165, 1.54) is 0 Å². The highest BCUT2D eigenvalue weighted by Gasteiger charge is 2.31. The summed E-state index contributed by atoms with van der Waals surface area (Å²) >= 11 is 0. The number of rotatable bonds is 4. The molecule has 0 aliphatic heterocycles. The molecule has 3 rings (SSSR count). The van der Waals surface area contributed by atoms with Gasteiger partial charge in [-0.05, 0) is 13.0 Å². The summed E-state index contributed by atoms with van der Waals surface area (Å²) in [6, 6.07) is 11.6. The van der Waals surface area contributed by atoms with E-state index in [1.807, 2.05) is 0 Å². The zero-order valence-corrected chi connectivity index (χ0v) is 12.9. The minimum absolute atomic E-state index is 0.210. The highest BCUT2D eigenvalue weighted by Crippen LogP contribution is 2.31. The number of ether oxygens (including phenoxy) is 1. The smallest absolute Gasteiger partial charge is 0.351 e. The van der Waals surface area contributed by atoms with E-state index in [2.05, 4.69) is 10.5 Å². The highest BCUT2D eigenvalue weighted by atomic mass is 16.5. The second-order valence-electron chi connectivity index (χ2n) is 5.05. The van der Waals surface area contributed by atoms with Gasteiger partial charge in [0.1, 0.15) is 6.21 Å². The molecule has 0 bridgehead atoms. The standard InChI is InChI=1S/C18H14N2O4/c1-2-24-15(21)10-19-20-14-9-5-8-13-16(14)18(23)12-7-4-3-6-11(12)17(13)22/h3-10,20H,2H2,1H3.